The fourth-order valence-electron chi connectivity index (χ4n) is 1.58. The van der Waals surface area contributed by atoms with Gasteiger partial charge >= 0.3 is 0 Å². The summed E-state index contributed by atoms with van der Waals surface area (Å²) < 4.78 is 22.9. The lowest BCUT2D eigenvalue weighted by Crippen LogP contribution is -2.22. The van der Waals surface area contributed by atoms with E-state index in [1.165, 1.54) is 30.5 Å². The van der Waals surface area contributed by atoms with Crippen LogP contribution < -0.4 is 21.5 Å². The molecule has 0 aliphatic rings. The van der Waals surface area contributed by atoms with Gasteiger partial charge in [0.05, 0.1) is 15.9 Å². The molecule has 0 fully saturated rings. The van der Waals surface area contributed by atoms with E-state index in [9.17, 15) is 13.2 Å². The average molecular weight is 401 g/mol. The number of nitrogens with one attached hydrogen (secondary N) is 2. The summed E-state index contributed by atoms with van der Waals surface area (Å²) in [5, 5.41) is 10.7. The summed E-state index contributed by atoms with van der Waals surface area (Å²) in [7, 11) is -3.74. The van der Waals surface area contributed by atoms with Crippen molar-refractivity contribution in [2.45, 2.75) is 4.90 Å². The summed E-state index contributed by atoms with van der Waals surface area (Å²) >= 11 is 3.25. The molecule has 9 nitrogen and oxygen atoms in total. The number of carbonyl (C=O) groups excluding carboxylic acids is 1. The molecule has 0 spiro atoms. The summed E-state index contributed by atoms with van der Waals surface area (Å²) in [6.45, 7) is -0.0713. The zero-order valence-electron chi connectivity index (χ0n) is 11.7. The Kier molecular flexibility index (Phi) is 5.13. The minimum absolute atomic E-state index is 0.00332. The second-order valence-electron chi connectivity index (χ2n) is 4.40. The largest absolute Gasteiger partial charge is 0.368 e. The number of nitrogens with two attached hydrogens (primary N) is 2. The molecule has 0 radical (unpaired) electrons. The van der Waals surface area contributed by atoms with E-state index >= 15 is 0 Å². The Balaban J connectivity index is 2.16. The van der Waals surface area contributed by atoms with Crippen LogP contribution in [0.25, 0.3) is 0 Å². The molecule has 1 aromatic carbocycles. The Labute approximate surface area is 140 Å². The van der Waals surface area contributed by atoms with Crippen molar-refractivity contribution in [2.75, 3.05) is 17.2 Å². The Morgan fingerprint density at radius 3 is 2.48 bits per heavy atom. The molecule has 2 rings (SSSR count). The molecule has 122 valence electrons. The molecule has 0 atom stereocenters. The molecule has 2 aromatic rings. The Bertz CT molecular complexity index is 825. The number of benzene rings is 1. The first-order valence-corrected chi connectivity index (χ1v) is 8.54. The molecule has 6 N–H and O–H groups in total. The third kappa shape index (κ3) is 4.87. The lowest BCUT2D eigenvalue weighted by atomic mass is 10.3. The van der Waals surface area contributed by atoms with Crippen LogP contribution in [0, 0.1) is 0 Å². The summed E-state index contributed by atoms with van der Waals surface area (Å²) in [6, 6.07) is 5.79. The van der Waals surface area contributed by atoms with E-state index in [0.717, 1.165) is 0 Å². The predicted molar refractivity (Wildman–Crippen MR) is 88.5 cm³/mol. The highest BCUT2D eigenvalue weighted by molar-refractivity contribution is 9.10. The number of hydrogen-bond donors (Lipinski definition) is 4. The van der Waals surface area contributed by atoms with E-state index in [-0.39, 0.29) is 17.4 Å². The predicted octanol–water partition coefficient (Wildman–Crippen LogP) is 0.527. The topological polar surface area (TPSA) is 153 Å². The number of primary sulfonamides is 1. The summed E-state index contributed by atoms with van der Waals surface area (Å²) in [5.74, 6) is 0.120. The van der Waals surface area contributed by atoms with E-state index in [2.05, 4.69) is 36.5 Å². The lowest BCUT2D eigenvalue weighted by molar-refractivity contribution is -0.116. The molecule has 23 heavy (non-hydrogen) atoms. The van der Waals surface area contributed by atoms with E-state index in [1.807, 2.05) is 0 Å². The zero-order valence-corrected chi connectivity index (χ0v) is 14.1. The van der Waals surface area contributed by atoms with Crippen LogP contribution in [0.4, 0.5) is 17.5 Å². The van der Waals surface area contributed by atoms with Gasteiger partial charge in [-0.3, -0.25) is 4.79 Å². The van der Waals surface area contributed by atoms with Crippen LogP contribution in [0.15, 0.2) is 39.8 Å². The second-order valence-corrected chi connectivity index (χ2v) is 6.82. The van der Waals surface area contributed by atoms with Gasteiger partial charge in [0.2, 0.25) is 21.9 Å². The van der Waals surface area contributed by atoms with Gasteiger partial charge in [-0.1, -0.05) is 0 Å². The second kappa shape index (κ2) is 6.89. The molecule has 1 heterocycles. The number of carbonyl (C=O) groups is 1. The molecule has 1 amide bonds. The number of primary amides is 1. The van der Waals surface area contributed by atoms with Crippen LogP contribution in [0.1, 0.15) is 0 Å². The van der Waals surface area contributed by atoms with E-state index < -0.39 is 15.9 Å². The summed E-state index contributed by atoms with van der Waals surface area (Å²) in [4.78, 5) is 19.0. The van der Waals surface area contributed by atoms with Gasteiger partial charge < -0.3 is 16.4 Å². The maximum atomic E-state index is 11.2. The molecule has 0 bridgehead atoms. The molecular formula is C12H13BrN6O3S. The SMILES string of the molecule is NC(=O)CNc1nc(Nc2ccc(S(N)(=O)=O)cc2)ncc1Br. The molecule has 0 unspecified atom stereocenters. The summed E-state index contributed by atoms with van der Waals surface area (Å²) in [6.07, 6.45) is 1.50. The number of halogens is 1. The third-order valence-electron chi connectivity index (χ3n) is 2.61. The molecular weight excluding hydrogens is 388 g/mol. The standard InChI is InChI=1S/C12H13BrN6O3S/c13-9-5-17-12(19-11(9)16-6-10(14)20)18-7-1-3-8(4-2-7)23(15,21)22/h1-5H,6H2,(H2,14,20)(H2,15,21,22)(H2,16,17,18,19). The Hall–Kier alpha value is -2.24. The highest BCUT2D eigenvalue weighted by atomic mass is 79.9. The molecule has 0 aliphatic heterocycles. The van der Waals surface area contributed by atoms with Crippen LogP contribution in [0.2, 0.25) is 0 Å². The minimum Gasteiger partial charge on any atom is -0.368 e. The number of hydrogen-bond acceptors (Lipinski definition) is 7. The quantitative estimate of drug-likeness (QED) is 0.551. The minimum atomic E-state index is -3.74. The molecule has 11 heteroatoms. The Morgan fingerprint density at radius 1 is 1.26 bits per heavy atom. The molecule has 0 aliphatic carbocycles. The highest BCUT2D eigenvalue weighted by Crippen LogP contribution is 2.22. The van der Waals surface area contributed by atoms with Crippen molar-refractivity contribution < 1.29 is 13.2 Å². The number of aromatic nitrogens is 2. The monoisotopic (exact) mass is 400 g/mol. The first kappa shape index (κ1) is 17.1. The van der Waals surface area contributed by atoms with Gasteiger partial charge in [0.25, 0.3) is 0 Å². The van der Waals surface area contributed by atoms with E-state index in [0.29, 0.717) is 16.0 Å². The highest BCUT2D eigenvalue weighted by Gasteiger charge is 2.09. The van der Waals surface area contributed by atoms with Crippen molar-refractivity contribution in [3.8, 4) is 0 Å². The van der Waals surface area contributed by atoms with E-state index in [4.69, 9.17) is 10.9 Å². The lowest BCUT2D eigenvalue weighted by Gasteiger charge is -2.09. The Morgan fingerprint density at radius 2 is 1.91 bits per heavy atom. The maximum absolute atomic E-state index is 11.2. The van der Waals surface area contributed by atoms with Crippen LogP contribution in [-0.2, 0) is 14.8 Å². The number of amides is 1. The van der Waals surface area contributed by atoms with Crippen molar-refractivity contribution in [1.82, 2.24) is 9.97 Å². The van der Waals surface area contributed by atoms with Gasteiger partial charge in [-0.15, -0.1) is 0 Å². The third-order valence-corrected chi connectivity index (χ3v) is 4.12. The fourth-order valence-corrected chi connectivity index (χ4v) is 2.43. The summed E-state index contributed by atoms with van der Waals surface area (Å²) in [5.41, 5.74) is 5.64. The van der Waals surface area contributed by atoms with Crippen molar-refractivity contribution in [3.05, 3.63) is 34.9 Å². The normalized spacial score (nSPS) is 11.0. The number of nitrogens with zero attached hydrogens (tertiary/aromatic N) is 2. The van der Waals surface area contributed by atoms with Gasteiger partial charge in [-0.05, 0) is 40.2 Å². The van der Waals surface area contributed by atoms with Crippen molar-refractivity contribution in [2.24, 2.45) is 10.9 Å². The maximum Gasteiger partial charge on any atom is 0.238 e. The van der Waals surface area contributed by atoms with Crippen molar-refractivity contribution in [3.63, 3.8) is 0 Å². The van der Waals surface area contributed by atoms with Gasteiger partial charge in [-0.2, -0.15) is 4.98 Å². The van der Waals surface area contributed by atoms with Crippen LogP contribution in [0.5, 0.6) is 0 Å². The van der Waals surface area contributed by atoms with Crippen LogP contribution in [-0.4, -0.2) is 30.8 Å². The number of anilines is 3. The van der Waals surface area contributed by atoms with Crippen molar-refractivity contribution >= 4 is 49.3 Å². The average Bonchev–Trinajstić information content (AvgIpc) is 2.47. The zero-order chi connectivity index (χ0) is 17.0. The number of rotatable bonds is 6. The molecule has 1 aromatic heterocycles. The smallest absolute Gasteiger partial charge is 0.238 e. The molecule has 0 saturated carbocycles. The fraction of sp³-hybridized carbons (Fsp3) is 0.0833. The van der Waals surface area contributed by atoms with Crippen LogP contribution in [0.3, 0.4) is 0 Å². The first-order chi connectivity index (χ1) is 10.8. The van der Waals surface area contributed by atoms with Gasteiger partial charge in [0.1, 0.15) is 5.82 Å². The van der Waals surface area contributed by atoms with Gasteiger partial charge in [0, 0.05) is 11.9 Å². The molecule has 0 saturated heterocycles. The van der Waals surface area contributed by atoms with Gasteiger partial charge in [-0.25, -0.2) is 18.5 Å². The van der Waals surface area contributed by atoms with Crippen LogP contribution >= 0.6 is 15.9 Å². The first-order valence-electron chi connectivity index (χ1n) is 6.20. The number of sulfonamides is 1. The van der Waals surface area contributed by atoms with E-state index in [1.54, 1.807) is 0 Å². The van der Waals surface area contributed by atoms with Crippen molar-refractivity contribution in [1.29, 1.82) is 0 Å². The van der Waals surface area contributed by atoms with Gasteiger partial charge in [0.15, 0.2) is 0 Å².